The molecule has 11 aromatic rings. The lowest BCUT2D eigenvalue weighted by Crippen LogP contribution is -2.02. The molecule has 0 saturated carbocycles. The van der Waals surface area contributed by atoms with Crippen LogP contribution in [0.1, 0.15) is 0 Å². The lowest BCUT2D eigenvalue weighted by atomic mass is 10.0. The molecule has 0 bridgehead atoms. The van der Waals surface area contributed by atoms with E-state index in [0.29, 0.717) is 5.95 Å². The highest BCUT2D eigenvalue weighted by Gasteiger charge is 2.19. The Morgan fingerprint density at radius 3 is 1.55 bits per heavy atom. The maximum Gasteiger partial charge on any atom is 0.236 e. The number of rotatable bonds is 5. The molecule has 0 spiro atoms. The molecule has 0 radical (unpaired) electrons. The van der Waals surface area contributed by atoms with Gasteiger partial charge in [-0.2, -0.15) is 0 Å². The van der Waals surface area contributed by atoms with Crippen molar-refractivity contribution in [2.24, 2.45) is 0 Å². The van der Waals surface area contributed by atoms with Crippen molar-refractivity contribution in [3.63, 3.8) is 0 Å². The standard InChI is InChI=1S/C48H30N4S/c1-3-11-31(12-4-1)32-19-21-33(22-20-32)46-39-27-28-53-47(39)50-48(49-46)52-43-18-10-8-16-38(43)41-30-35(24-26-45(41)52)34-23-25-44-40(29-34)37-15-7-9-17-42(37)51(44)36-13-5-2-6-14-36/h1-30H. The highest BCUT2D eigenvalue weighted by atomic mass is 32.1. The van der Waals surface area contributed by atoms with Gasteiger partial charge in [-0.05, 0) is 82.2 Å². The summed E-state index contributed by atoms with van der Waals surface area (Å²) >= 11 is 1.65. The molecule has 4 aromatic heterocycles. The van der Waals surface area contributed by atoms with Gasteiger partial charge in [0.1, 0.15) is 4.83 Å². The van der Waals surface area contributed by atoms with Crippen LogP contribution in [-0.4, -0.2) is 19.1 Å². The Morgan fingerprint density at radius 1 is 0.358 bits per heavy atom. The molecule has 4 nitrogen and oxygen atoms in total. The first kappa shape index (κ1) is 29.9. The van der Waals surface area contributed by atoms with Crippen LogP contribution >= 0.6 is 11.3 Å². The molecular weight excluding hydrogens is 665 g/mol. The van der Waals surface area contributed by atoms with E-state index in [1.165, 1.54) is 54.8 Å². The quantitative estimate of drug-likeness (QED) is 0.180. The summed E-state index contributed by atoms with van der Waals surface area (Å²) in [6.45, 7) is 0. The molecule has 0 atom stereocenters. The fourth-order valence-corrected chi connectivity index (χ4v) is 8.75. The van der Waals surface area contributed by atoms with E-state index in [4.69, 9.17) is 9.97 Å². The predicted molar refractivity (Wildman–Crippen MR) is 222 cm³/mol. The van der Waals surface area contributed by atoms with Crippen LogP contribution in [0.2, 0.25) is 0 Å². The summed E-state index contributed by atoms with van der Waals surface area (Å²) in [5, 5.41) is 8.02. The van der Waals surface area contributed by atoms with Crippen molar-refractivity contribution in [2.45, 2.75) is 0 Å². The van der Waals surface area contributed by atoms with Crippen molar-refractivity contribution in [1.82, 2.24) is 19.1 Å². The molecule has 7 aromatic carbocycles. The minimum absolute atomic E-state index is 0.677. The fraction of sp³-hybridized carbons (Fsp3) is 0. The van der Waals surface area contributed by atoms with Crippen LogP contribution in [0.4, 0.5) is 0 Å². The van der Waals surface area contributed by atoms with Gasteiger partial charge in [0.2, 0.25) is 5.95 Å². The molecule has 5 heteroatoms. The number of aromatic nitrogens is 4. The largest absolute Gasteiger partial charge is 0.309 e. The van der Waals surface area contributed by atoms with Crippen LogP contribution in [0.3, 0.4) is 0 Å². The van der Waals surface area contributed by atoms with Crippen LogP contribution in [0, 0.1) is 0 Å². The van der Waals surface area contributed by atoms with E-state index in [0.717, 1.165) is 38.2 Å². The van der Waals surface area contributed by atoms with E-state index < -0.39 is 0 Å². The SMILES string of the molecule is c1ccc(-c2ccc(-c3nc(-n4c5ccccc5c5cc(-c6ccc7c(c6)c6ccccc6n7-c6ccccc6)ccc54)nc4sccc34)cc2)cc1. The molecule has 4 heterocycles. The Morgan fingerprint density at radius 2 is 0.868 bits per heavy atom. The number of thiophene rings is 1. The maximum atomic E-state index is 5.32. The molecule has 0 N–H and O–H groups in total. The third-order valence-electron chi connectivity index (χ3n) is 10.5. The zero-order chi connectivity index (χ0) is 34.9. The van der Waals surface area contributed by atoms with E-state index in [1.807, 2.05) is 0 Å². The summed E-state index contributed by atoms with van der Waals surface area (Å²) < 4.78 is 4.59. The average Bonchev–Trinajstić information content (AvgIpc) is 3.93. The molecule has 0 aliphatic carbocycles. The summed E-state index contributed by atoms with van der Waals surface area (Å²) in [5.41, 5.74) is 12.5. The van der Waals surface area contributed by atoms with E-state index in [2.05, 4.69) is 190 Å². The number of benzene rings is 7. The summed E-state index contributed by atoms with van der Waals surface area (Å²) in [6, 6.07) is 62.9. The van der Waals surface area contributed by atoms with Gasteiger partial charge >= 0.3 is 0 Å². The van der Waals surface area contributed by atoms with E-state index in [1.54, 1.807) is 11.3 Å². The Bertz CT molecular complexity index is 3150. The Hall–Kier alpha value is -6.82. The van der Waals surface area contributed by atoms with Gasteiger partial charge in [-0.1, -0.05) is 121 Å². The van der Waals surface area contributed by atoms with Gasteiger partial charge in [0.25, 0.3) is 0 Å². The summed E-state index contributed by atoms with van der Waals surface area (Å²) in [6.07, 6.45) is 0. The van der Waals surface area contributed by atoms with E-state index in [-0.39, 0.29) is 0 Å². The minimum Gasteiger partial charge on any atom is -0.309 e. The maximum absolute atomic E-state index is 5.32. The van der Waals surface area contributed by atoms with Crippen molar-refractivity contribution in [1.29, 1.82) is 0 Å². The molecule has 53 heavy (non-hydrogen) atoms. The lowest BCUT2D eigenvalue weighted by molar-refractivity contribution is 1.02. The topological polar surface area (TPSA) is 35.6 Å². The fourth-order valence-electron chi connectivity index (χ4n) is 7.99. The van der Waals surface area contributed by atoms with Crippen molar-refractivity contribution in [3.05, 3.63) is 181 Å². The van der Waals surface area contributed by atoms with Crippen molar-refractivity contribution in [3.8, 4) is 45.1 Å². The van der Waals surface area contributed by atoms with Gasteiger partial charge < -0.3 is 4.57 Å². The first-order valence-electron chi connectivity index (χ1n) is 17.8. The molecule has 0 fully saturated rings. The van der Waals surface area contributed by atoms with Gasteiger partial charge in [-0.25, -0.2) is 9.97 Å². The van der Waals surface area contributed by atoms with Crippen LogP contribution < -0.4 is 0 Å². The highest BCUT2D eigenvalue weighted by molar-refractivity contribution is 7.16. The number of hydrogen-bond donors (Lipinski definition) is 0. The van der Waals surface area contributed by atoms with E-state index >= 15 is 0 Å². The summed E-state index contributed by atoms with van der Waals surface area (Å²) in [5.74, 6) is 0.677. The second-order valence-electron chi connectivity index (χ2n) is 13.5. The van der Waals surface area contributed by atoms with Crippen molar-refractivity contribution < 1.29 is 0 Å². The third-order valence-corrected chi connectivity index (χ3v) is 11.3. The summed E-state index contributed by atoms with van der Waals surface area (Å²) in [7, 11) is 0. The van der Waals surface area contributed by atoms with Gasteiger partial charge in [0.05, 0.1) is 27.8 Å². The second kappa shape index (κ2) is 11.9. The normalized spacial score (nSPS) is 11.8. The van der Waals surface area contributed by atoms with Crippen molar-refractivity contribution >= 4 is 65.2 Å². The predicted octanol–water partition coefficient (Wildman–Crippen LogP) is 12.9. The molecule has 0 unspecified atom stereocenters. The van der Waals surface area contributed by atoms with Crippen LogP contribution in [-0.2, 0) is 0 Å². The Labute approximate surface area is 309 Å². The van der Waals surface area contributed by atoms with Crippen LogP contribution in [0.25, 0.3) is 99.0 Å². The molecular formula is C48H30N4S. The second-order valence-corrected chi connectivity index (χ2v) is 14.4. The number of fused-ring (bicyclic) bond motifs is 7. The van der Waals surface area contributed by atoms with Gasteiger partial charge in [-0.15, -0.1) is 11.3 Å². The third kappa shape index (κ3) is 4.75. The molecule has 0 aliphatic heterocycles. The number of nitrogens with zero attached hydrogens (tertiary/aromatic N) is 4. The molecule has 0 aliphatic rings. The first-order chi connectivity index (χ1) is 26.3. The summed E-state index contributed by atoms with van der Waals surface area (Å²) in [4.78, 5) is 11.5. The smallest absolute Gasteiger partial charge is 0.236 e. The zero-order valence-corrected chi connectivity index (χ0v) is 29.3. The lowest BCUT2D eigenvalue weighted by Gasteiger charge is -2.11. The average molecular weight is 695 g/mol. The zero-order valence-electron chi connectivity index (χ0n) is 28.5. The van der Waals surface area contributed by atoms with Crippen LogP contribution in [0.5, 0.6) is 0 Å². The van der Waals surface area contributed by atoms with Crippen LogP contribution in [0.15, 0.2) is 181 Å². The first-order valence-corrected chi connectivity index (χ1v) is 18.7. The number of hydrogen-bond acceptors (Lipinski definition) is 3. The number of para-hydroxylation sites is 3. The monoisotopic (exact) mass is 694 g/mol. The van der Waals surface area contributed by atoms with E-state index in [9.17, 15) is 0 Å². The molecule has 11 rings (SSSR count). The van der Waals surface area contributed by atoms with Gasteiger partial charge in [-0.3, -0.25) is 4.57 Å². The van der Waals surface area contributed by atoms with Gasteiger partial charge in [0, 0.05) is 38.2 Å². The Kier molecular flexibility index (Phi) is 6.69. The molecule has 0 saturated heterocycles. The highest BCUT2D eigenvalue weighted by Crippen LogP contribution is 2.39. The Balaban J connectivity index is 1.06. The molecule has 0 amide bonds. The van der Waals surface area contributed by atoms with Gasteiger partial charge in [0.15, 0.2) is 0 Å². The minimum atomic E-state index is 0.677. The van der Waals surface area contributed by atoms with Crippen molar-refractivity contribution in [2.75, 3.05) is 0 Å². The molecule has 248 valence electrons.